The van der Waals surface area contributed by atoms with Gasteiger partial charge in [-0.2, -0.15) is 11.8 Å². The van der Waals surface area contributed by atoms with E-state index in [2.05, 4.69) is 10.6 Å². The predicted octanol–water partition coefficient (Wildman–Crippen LogP) is 4.29. The molecule has 2 saturated heterocycles. The second-order valence-corrected chi connectivity index (χ2v) is 14.9. The summed E-state index contributed by atoms with van der Waals surface area (Å²) in [6, 6.07) is 12.3. The molecule has 1 aromatic heterocycles. The van der Waals surface area contributed by atoms with E-state index in [0.29, 0.717) is 63.7 Å². The molecule has 11 nitrogen and oxygen atoms in total. The number of carbonyl (C=O) groups excluding carboxylic acids is 4. The van der Waals surface area contributed by atoms with Crippen LogP contribution in [0, 0.1) is 23.5 Å². The van der Waals surface area contributed by atoms with Gasteiger partial charge in [-0.25, -0.2) is 18.2 Å². The zero-order valence-electron chi connectivity index (χ0n) is 29.9. The van der Waals surface area contributed by atoms with Crippen LogP contribution in [0.15, 0.2) is 66.9 Å². The van der Waals surface area contributed by atoms with Gasteiger partial charge in [-0.15, -0.1) is 0 Å². The first kappa shape index (κ1) is 39.2. The third-order valence-corrected chi connectivity index (χ3v) is 11.0. The Bertz CT molecular complexity index is 1800. The zero-order chi connectivity index (χ0) is 38.0. The van der Waals surface area contributed by atoms with E-state index in [9.17, 15) is 23.6 Å². The number of imidazole rings is 1. The molecule has 3 aromatic rings. The van der Waals surface area contributed by atoms with Crippen LogP contribution in [0.25, 0.3) is 11.3 Å². The highest BCUT2D eigenvalue weighted by atomic mass is 32.2. The summed E-state index contributed by atoms with van der Waals surface area (Å²) in [6.07, 6.45) is 4.66. The summed E-state index contributed by atoms with van der Waals surface area (Å²) in [5, 5.41) is 5.92. The van der Waals surface area contributed by atoms with Gasteiger partial charge < -0.3 is 24.8 Å². The van der Waals surface area contributed by atoms with Crippen molar-refractivity contribution in [3.05, 3.63) is 89.9 Å². The van der Waals surface area contributed by atoms with Crippen LogP contribution in [0.2, 0.25) is 0 Å². The summed E-state index contributed by atoms with van der Waals surface area (Å²) in [5.74, 6) is -2.02. The minimum atomic E-state index is -1.16. The summed E-state index contributed by atoms with van der Waals surface area (Å²) in [5.41, 5.74) is 1.18. The summed E-state index contributed by atoms with van der Waals surface area (Å²) < 4.78 is 52.4. The van der Waals surface area contributed by atoms with Gasteiger partial charge in [0.05, 0.1) is 17.5 Å². The number of benzene rings is 2. The fourth-order valence-corrected chi connectivity index (χ4v) is 7.91. The van der Waals surface area contributed by atoms with Crippen molar-refractivity contribution in [1.82, 2.24) is 30.0 Å². The first-order valence-corrected chi connectivity index (χ1v) is 19.5. The molecule has 4 heterocycles. The van der Waals surface area contributed by atoms with E-state index in [-0.39, 0.29) is 72.6 Å². The van der Waals surface area contributed by atoms with Gasteiger partial charge in [0.25, 0.3) is 11.8 Å². The zero-order valence-corrected chi connectivity index (χ0v) is 30.7. The number of thioether (sulfide) groups is 1. The number of aromatic nitrogens is 2. The molecule has 2 fully saturated rings. The number of hydrogen-bond acceptors (Lipinski definition) is 8. The van der Waals surface area contributed by atoms with E-state index >= 15 is 8.78 Å². The third kappa shape index (κ3) is 9.98. The Morgan fingerprint density at radius 1 is 1.06 bits per heavy atom. The van der Waals surface area contributed by atoms with Crippen LogP contribution >= 0.6 is 11.8 Å². The fourth-order valence-electron chi connectivity index (χ4n) is 7.18. The molecular weight excluding hydrogens is 722 g/mol. The Labute approximate surface area is 316 Å². The van der Waals surface area contributed by atoms with Gasteiger partial charge in [0, 0.05) is 94.5 Å². The smallest absolute Gasteiger partial charge is 0.253 e. The largest absolute Gasteiger partial charge is 0.381 e. The van der Waals surface area contributed by atoms with Gasteiger partial charge in [0.15, 0.2) is 0 Å². The van der Waals surface area contributed by atoms with E-state index in [4.69, 9.17) is 9.72 Å². The average Bonchev–Trinajstić information content (AvgIpc) is 3.87. The molecule has 0 bridgehead atoms. The number of imide groups is 1. The molecule has 3 aliphatic heterocycles. The summed E-state index contributed by atoms with van der Waals surface area (Å²) >= 11 is 1.34. The van der Waals surface area contributed by atoms with E-state index in [1.165, 1.54) is 23.9 Å². The van der Waals surface area contributed by atoms with Gasteiger partial charge >= 0.3 is 0 Å². The van der Waals surface area contributed by atoms with Gasteiger partial charge in [0.1, 0.15) is 23.6 Å². The number of alkyl halides is 1. The lowest BCUT2D eigenvalue weighted by molar-refractivity contribution is -0.137. The van der Waals surface area contributed by atoms with Crippen molar-refractivity contribution in [3.8, 4) is 11.3 Å². The molecular formula is C39H45F3N6O5S. The molecule has 0 aliphatic carbocycles. The number of rotatable bonds is 17. The normalized spacial score (nSPS) is 19.4. The second-order valence-electron chi connectivity index (χ2n) is 13.8. The number of hydrogen-bond donors (Lipinski definition) is 2. The van der Waals surface area contributed by atoms with Gasteiger partial charge in [-0.05, 0) is 48.9 Å². The summed E-state index contributed by atoms with van der Waals surface area (Å²) in [6.45, 7) is 2.48. The number of carbonyl (C=O) groups is 4. The molecule has 6 rings (SSSR count). The molecule has 2 N–H and O–H groups in total. The summed E-state index contributed by atoms with van der Waals surface area (Å²) in [4.78, 5) is 58.1. The van der Waals surface area contributed by atoms with Crippen molar-refractivity contribution in [2.45, 2.75) is 44.4 Å². The Morgan fingerprint density at radius 2 is 1.81 bits per heavy atom. The molecule has 15 heteroatoms. The minimum Gasteiger partial charge on any atom is -0.381 e. The Hall–Kier alpha value is -4.47. The molecule has 0 radical (unpaired) electrons. The van der Waals surface area contributed by atoms with Crippen molar-refractivity contribution in [2.24, 2.45) is 11.8 Å². The maximum Gasteiger partial charge on any atom is 0.253 e. The topological polar surface area (TPSA) is 126 Å². The number of nitrogens with one attached hydrogen (secondary N) is 2. The first-order valence-electron chi connectivity index (χ1n) is 18.3. The molecule has 4 amide bonds. The number of ether oxygens (including phenoxy) is 1. The minimum absolute atomic E-state index is 0.00288. The Kier molecular flexibility index (Phi) is 13.6. The van der Waals surface area contributed by atoms with E-state index in [1.807, 2.05) is 34.9 Å². The van der Waals surface area contributed by atoms with Gasteiger partial charge in [-0.3, -0.25) is 24.1 Å². The van der Waals surface area contributed by atoms with Gasteiger partial charge in [0.2, 0.25) is 11.8 Å². The lowest BCUT2D eigenvalue weighted by Crippen LogP contribution is -2.46. The van der Waals surface area contributed by atoms with Crippen LogP contribution in [0.3, 0.4) is 0 Å². The van der Waals surface area contributed by atoms with E-state index < -0.39 is 29.8 Å². The number of nitrogens with zero attached hydrogens (tertiary/aromatic N) is 4. The highest BCUT2D eigenvalue weighted by Crippen LogP contribution is 2.38. The van der Waals surface area contributed by atoms with Crippen molar-refractivity contribution >= 4 is 35.4 Å². The average molecular weight is 767 g/mol. The molecule has 0 saturated carbocycles. The maximum atomic E-state index is 15.2. The van der Waals surface area contributed by atoms with Crippen molar-refractivity contribution in [1.29, 1.82) is 0 Å². The third-order valence-electron chi connectivity index (χ3n) is 10.0. The molecule has 3 aliphatic rings. The number of halogens is 3. The predicted molar refractivity (Wildman–Crippen MR) is 198 cm³/mol. The van der Waals surface area contributed by atoms with Crippen LogP contribution in [0.4, 0.5) is 13.2 Å². The Morgan fingerprint density at radius 3 is 2.54 bits per heavy atom. The molecule has 288 valence electrons. The van der Waals surface area contributed by atoms with Crippen LogP contribution in [-0.4, -0.2) is 107 Å². The SMILES string of the molecule is O=C(CCCN1C(=O)C=CC1=O)NCCSCC(=O)N(C[C@@H]1CNC[C@@H]1F)[C@@H](c1nc(-c2cc(F)ccc2F)cn1Cc1ccccc1)C1CCOCC1. The van der Waals surface area contributed by atoms with Crippen molar-refractivity contribution in [2.75, 3.05) is 57.4 Å². The van der Waals surface area contributed by atoms with Gasteiger partial charge in [-0.1, -0.05) is 30.3 Å². The quantitative estimate of drug-likeness (QED) is 0.154. The Balaban J connectivity index is 1.21. The monoisotopic (exact) mass is 766 g/mol. The summed E-state index contributed by atoms with van der Waals surface area (Å²) in [7, 11) is 0. The van der Waals surface area contributed by atoms with Crippen LogP contribution in [-0.2, 0) is 30.5 Å². The lowest BCUT2D eigenvalue weighted by Gasteiger charge is -2.40. The second kappa shape index (κ2) is 18.7. The highest BCUT2D eigenvalue weighted by Gasteiger charge is 2.40. The molecule has 54 heavy (non-hydrogen) atoms. The van der Waals surface area contributed by atoms with Crippen LogP contribution in [0.5, 0.6) is 0 Å². The molecule has 2 aromatic carbocycles. The first-order chi connectivity index (χ1) is 26.2. The van der Waals surface area contributed by atoms with Crippen molar-refractivity contribution in [3.63, 3.8) is 0 Å². The standard InChI is InChI=1S/C39H45F3N6O5S/c40-29-8-9-31(41)30(19-29)33-24-46(22-26-5-2-1-3-6-26)39(45-33)38(27-12-16-53-17-13-27)48(23-28-20-43-21-32(28)42)37(52)25-54-18-14-44-34(49)7-4-15-47-35(50)10-11-36(47)51/h1-3,5-6,8-11,19,24,27-28,32,38,43H,4,7,12-18,20-23,25H2,(H,44,49)/t28-,32-,38+/m0/s1. The number of amides is 4. The molecule has 0 unspecified atom stereocenters. The molecule has 3 atom stereocenters. The van der Waals surface area contributed by atoms with Crippen LogP contribution in [0.1, 0.15) is 43.1 Å². The van der Waals surface area contributed by atoms with Crippen LogP contribution < -0.4 is 10.6 Å². The van der Waals surface area contributed by atoms with Crippen molar-refractivity contribution < 1.29 is 37.1 Å². The highest BCUT2D eigenvalue weighted by molar-refractivity contribution is 7.99. The maximum absolute atomic E-state index is 15.2. The lowest BCUT2D eigenvalue weighted by atomic mass is 9.88. The van der Waals surface area contributed by atoms with E-state index in [0.717, 1.165) is 28.7 Å². The van der Waals surface area contributed by atoms with E-state index in [1.54, 1.807) is 11.1 Å². The fraction of sp³-hybridized carbons (Fsp3) is 0.462. The molecule has 0 spiro atoms.